The van der Waals surface area contributed by atoms with Gasteiger partial charge in [0.15, 0.2) is 11.6 Å². The fourth-order valence-electron chi connectivity index (χ4n) is 5.74. The molecule has 3 rings (SSSR count). The molecule has 0 saturated carbocycles. The molecule has 1 aromatic rings. The minimum Gasteiger partial charge on any atom is -0.461 e. The third kappa shape index (κ3) is 9.57. The Labute approximate surface area is 265 Å². The molecule has 8 nitrogen and oxygen atoms in total. The predicted molar refractivity (Wildman–Crippen MR) is 158 cm³/mol. The third-order valence-corrected chi connectivity index (χ3v) is 8.71. The van der Waals surface area contributed by atoms with Crippen molar-refractivity contribution in [1.29, 1.82) is 0 Å². The Kier molecular flexibility index (Phi) is 12.8. The number of amides is 1. The first-order valence-corrected chi connectivity index (χ1v) is 15.4. The van der Waals surface area contributed by atoms with E-state index in [0.29, 0.717) is 51.0 Å². The van der Waals surface area contributed by atoms with Crippen LogP contribution in [0.3, 0.4) is 0 Å². The summed E-state index contributed by atoms with van der Waals surface area (Å²) in [6.45, 7) is 9.08. The van der Waals surface area contributed by atoms with E-state index in [0.717, 1.165) is 4.90 Å². The summed E-state index contributed by atoms with van der Waals surface area (Å²) in [5.74, 6) is -5.43. The molecule has 2 aliphatic heterocycles. The third-order valence-electron chi connectivity index (χ3n) is 8.71. The summed E-state index contributed by atoms with van der Waals surface area (Å²) in [7, 11) is 0. The number of rotatable bonds is 12. The molecule has 0 spiro atoms. The average Bonchev–Trinajstić information content (AvgIpc) is 2.99. The van der Waals surface area contributed by atoms with Gasteiger partial charge in [-0.3, -0.25) is 14.5 Å². The Morgan fingerprint density at radius 3 is 2.26 bits per heavy atom. The fraction of sp³-hybridized carbons (Fsp3) is 0.594. The molecule has 0 aliphatic carbocycles. The van der Waals surface area contributed by atoms with Crippen LogP contribution < -0.4 is 5.73 Å². The van der Waals surface area contributed by atoms with E-state index in [1.165, 1.54) is 4.90 Å². The number of carbonyl (C=O) groups is 3. The molecule has 2 unspecified atom stereocenters. The number of alkyl halides is 3. The predicted octanol–water partition coefficient (Wildman–Crippen LogP) is 4.73. The van der Waals surface area contributed by atoms with Crippen molar-refractivity contribution in [2.24, 2.45) is 17.6 Å². The number of allylic oxidation sites excluding steroid dienone is 1. The lowest BCUT2D eigenvalue weighted by Crippen LogP contribution is -2.50. The number of nitrogens with zero attached hydrogens (tertiary/aromatic N) is 3. The number of hydrogen-bond donors (Lipinski definition) is 1. The van der Waals surface area contributed by atoms with E-state index in [-0.39, 0.29) is 67.6 Å². The highest BCUT2D eigenvalue weighted by Crippen LogP contribution is 2.35. The maximum atomic E-state index is 14.1. The van der Waals surface area contributed by atoms with Gasteiger partial charge in [0.1, 0.15) is 23.9 Å². The number of piperidine rings is 1. The zero-order valence-electron chi connectivity index (χ0n) is 26.4. The van der Waals surface area contributed by atoms with Gasteiger partial charge in [0.2, 0.25) is 5.91 Å². The Balaban J connectivity index is 1.79. The van der Waals surface area contributed by atoms with Crippen molar-refractivity contribution < 1.29 is 45.5 Å². The van der Waals surface area contributed by atoms with Gasteiger partial charge in [-0.15, -0.1) is 0 Å². The van der Waals surface area contributed by atoms with Gasteiger partial charge in [0.25, 0.3) is 0 Å². The summed E-state index contributed by atoms with van der Waals surface area (Å²) in [5.41, 5.74) is 4.55. The van der Waals surface area contributed by atoms with Crippen molar-refractivity contribution in [3.63, 3.8) is 0 Å². The second-order valence-corrected chi connectivity index (χ2v) is 12.0. The van der Waals surface area contributed by atoms with Crippen LogP contribution in [0.2, 0.25) is 0 Å². The standard InChI is InChI=1S/C32H42F6N4O4/c1-5-19(2)30(31(45)46-13-12-40-8-6-22(7-9-40)20(3)43)28-18-41(10-11-42(28)21(4)32(36,37)38)29(44)16-24(39)14-23-15-26(34)27(35)17-25(23)33/h15,17,19,22,24H,4-14,16,18,39H2,1-3H3/b30-28+. The van der Waals surface area contributed by atoms with Gasteiger partial charge in [0, 0.05) is 49.8 Å². The molecule has 256 valence electrons. The van der Waals surface area contributed by atoms with E-state index in [9.17, 15) is 40.7 Å². The normalized spacial score (nSPS) is 19.1. The smallest absolute Gasteiger partial charge is 0.430 e. The number of nitrogens with two attached hydrogens (primary N) is 1. The molecule has 2 aliphatic rings. The van der Waals surface area contributed by atoms with E-state index in [1.54, 1.807) is 20.8 Å². The van der Waals surface area contributed by atoms with Crippen LogP contribution in [0, 0.1) is 29.3 Å². The van der Waals surface area contributed by atoms with E-state index in [4.69, 9.17) is 10.5 Å². The van der Waals surface area contributed by atoms with Crippen LogP contribution in [0.1, 0.15) is 52.0 Å². The minimum atomic E-state index is -4.81. The first kappa shape index (κ1) is 37.1. The van der Waals surface area contributed by atoms with Crippen molar-refractivity contribution in [2.45, 2.75) is 65.1 Å². The number of halogens is 6. The highest BCUT2D eigenvalue weighted by atomic mass is 19.4. The van der Waals surface area contributed by atoms with Crippen LogP contribution in [-0.4, -0.2) is 90.5 Å². The number of carbonyl (C=O) groups excluding carboxylic acids is 3. The monoisotopic (exact) mass is 660 g/mol. The first-order chi connectivity index (χ1) is 21.5. The number of ketones is 1. The Bertz CT molecular complexity index is 1330. The summed E-state index contributed by atoms with van der Waals surface area (Å²) < 4.78 is 88.3. The van der Waals surface area contributed by atoms with Crippen LogP contribution in [0.5, 0.6) is 0 Å². The van der Waals surface area contributed by atoms with Crippen LogP contribution in [0.25, 0.3) is 0 Å². The van der Waals surface area contributed by atoms with E-state index in [2.05, 4.69) is 11.5 Å². The fourth-order valence-corrected chi connectivity index (χ4v) is 5.74. The zero-order valence-corrected chi connectivity index (χ0v) is 26.4. The lowest BCUT2D eigenvalue weighted by molar-refractivity contribution is -0.141. The molecule has 2 N–H and O–H groups in total. The first-order valence-electron chi connectivity index (χ1n) is 15.4. The SMILES string of the molecule is C=C(N1CCN(C(=O)CC(N)Cc2cc(F)c(F)cc2F)C/C1=C(\C(=O)OCCN1CCC(C(C)=O)CC1)C(C)CC)C(F)(F)F. The van der Waals surface area contributed by atoms with Crippen LogP contribution in [-0.2, 0) is 25.5 Å². The molecule has 2 fully saturated rings. The van der Waals surface area contributed by atoms with Crippen molar-refractivity contribution >= 4 is 17.7 Å². The molecule has 0 aromatic heterocycles. The number of piperazine rings is 1. The lowest BCUT2D eigenvalue weighted by atomic mass is 9.93. The summed E-state index contributed by atoms with van der Waals surface area (Å²) in [5, 5.41) is 0. The summed E-state index contributed by atoms with van der Waals surface area (Å²) in [6.07, 6.45) is -3.69. The molecule has 14 heteroatoms. The van der Waals surface area contributed by atoms with Crippen LogP contribution in [0.4, 0.5) is 26.3 Å². The molecule has 2 saturated heterocycles. The van der Waals surface area contributed by atoms with Crippen molar-refractivity contribution in [1.82, 2.24) is 14.7 Å². The molecule has 2 heterocycles. The topological polar surface area (TPSA) is 96.2 Å². The highest BCUT2D eigenvalue weighted by Gasteiger charge is 2.41. The number of hydrogen-bond acceptors (Lipinski definition) is 7. The van der Waals surface area contributed by atoms with Gasteiger partial charge in [-0.1, -0.05) is 20.4 Å². The lowest BCUT2D eigenvalue weighted by Gasteiger charge is -2.41. The van der Waals surface area contributed by atoms with Gasteiger partial charge >= 0.3 is 12.1 Å². The Morgan fingerprint density at radius 1 is 1.04 bits per heavy atom. The van der Waals surface area contributed by atoms with E-state index in [1.807, 2.05) is 0 Å². The van der Waals surface area contributed by atoms with Crippen LogP contribution in [0.15, 0.2) is 35.7 Å². The zero-order chi connectivity index (χ0) is 34.3. The van der Waals surface area contributed by atoms with E-state index < -0.39 is 53.2 Å². The van der Waals surface area contributed by atoms with Crippen molar-refractivity contribution in [2.75, 3.05) is 45.9 Å². The Hall–Kier alpha value is -3.39. The second-order valence-electron chi connectivity index (χ2n) is 12.0. The molecule has 2 atom stereocenters. The van der Waals surface area contributed by atoms with Gasteiger partial charge in [-0.25, -0.2) is 18.0 Å². The molecule has 0 radical (unpaired) electrons. The molecular formula is C32H42F6N4O4. The largest absolute Gasteiger partial charge is 0.461 e. The van der Waals surface area contributed by atoms with Gasteiger partial charge < -0.3 is 20.3 Å². The number of likely N-dealkylation sites (tertiary alicyclic amines) is 1. The maximum absolute atomic E-state index is 14.1. The maximum Gasteiger partial charge on any atom is 0.430 e. The molecule has 46 heavy (non-hydrogen) atoms. The van der Waals surface area contributed by atoms with Crippen molar-refractivity contribution in [3.8, 4) is 0 Å². The Morgan fingerprint density at radius 2 is 1.67 bits per heavy atom. The summed E-state index contributed by atoms with van der Waals surface area (Å²) in [4.78, 5) is 42.6. The highest BCUT2D eigenvalue weighted by molar-refractivity contribution is 5.90. The number of benzene rings is 1. The van der Waals surface area contributed by atoms with Gasteiger partial charge in [0.05, 0.1) is 12.1 Å². The summed E-state index contributed by atoms with van der Waals surface area (Å²) in [6, 6.07) is 0.0340. The van der Waals surface area contributed by atoms with Crippen LogP contribution >= 0.6 is 0 Å². The van der Waals surface area contributed by atoms with Gasteiger partial charge in [-0.05, 0) is 63.2 Å². The van der Waals surface area contributed by atoms with Gasteiger partial charge in [-0.2, -0.15) is 13.2 Å². The molecule has 1 amide bonds. The average molecular weight is 661 g/mol. The number of ether oxygens (including phenoxy) is 1. The number of Topliss-reactive ketones (excluding diaryl/α,β-unsaturated/α-hetero) is 1. The quantitative estimate of drug-likeness (QED) is 0.150. The molecular weight excluding hydrogens is 618 g/mol. The number of esters is 1. The van der Waals surface area contributed by atoms with Crippen molar-refractivity contribution in [3.05, 3.63) is 58.7 Å². The van der Waals surface area contributed by atoms with E-state index >= 15 is 0 Å². The molecule has 0 bridgehead atoms. The summed E-state index contributed by atoms with van der Waals surface area (Å²) >= 11 is 0. The minimum absolute atomic E-state index is 0.00570. The second kappa shape index (κ2) is 15.9. The molecule has 1 aromatic carbocycles.